The lowest BCUT2D eigenvalue weighted by atomic mass is 9.92. The predicted molar refractivity (Wildman–Crippen MR) is 108 cm³/mol. The Hall–Kier alpha value is -3.40. The zero-order valence-corrected chi connectivity index (χ0v) is 15.4. The Labute approximate surface area is 158 Å². The molecule has 0 unspecified atom stereocenters. The summed E-state index contributed by atoms with van der Waals surface area (Å²) in [4.78, 5) is 7.60. The number of phenols is 1. The molecule has 1 atom stereocenters. The quantitative estimate of drug-likeness (QED) is 0.563. The molecule has 2 aromatic heterocycles. The number of nitrogens with one attached hydrogen (secondary N) is 2. The van der Waals surface area contributed by atoms with E-state index in [2.05, 4.69) is 47.3 Å². The van der Waals surface area contributed by atoms with Crippen LogP contribution in [-0.4, -0.2) is 10.1 Å². The third kappa shape index (κ3) is 3.34. The summed E-state index contributed by atoms with van der Waals surface area (Å²) < 4.78 is 0. The topological polar surface area (TPSA) is 59.3 Å². The summed E-state index contributed by atoms with van der Waals surface area (Å²) in [5, 5.41) is 15.5. The summed E-state index contributed by atoms with van der Waals surface area (Å²) in [5.41, 5.74) is 4.88. The second-order valence-electron chi connectivity index (χ2n) is 6.79. The average molecular weight is 356 g/mol. The van der Waals surface area contributed by atoms with Crippen LogP contribution >= 0.6 is 0 Å². The van der Waals surface area contributed by atoms with E-state index in [-0.39, 0.29) is 11.8 Å². The van der Waals surface area contributed by atoms with Crippen LogP contribution in [0.25, 0.3) is 10.9 Å². The van der Waals surface area contributed by atoms with Crippen molar-refractivity contribution >= 4 is 16.7 Å². The van der Waals surface area contributed by atoms with Crippen molar-refractivity contribution in [2.45, 2.75) is 19.9 Å². The van der Waals surface area contributed by atoms with Crippen LogP contribution in [-0.2, 0) is 0 Å². The number of hydrogen-bond donors (Lipinski definition) is 2. The SMILES string of the molecule is Cc1ccc(C)c([C@@H](Nc2cccc[nH+]2)c2ccc3cccnc3c2O)c1. The molecule has 27 heavy (non-hydrogen) atoms. The van der Waals surface area contributed by atoms with E-state index >= 15 is 0 Å². The first kappa shape index (κ1) is 17.0. The fourth-order valence-corrected chi connectivity index (χ4v) is 3.41. The molecule has 0 aliphatic carbocycles. The maximum Gasteiger partial charge on any atom is 0.272 e. The Morgan fingerprint density at radius 3 is 2.67 bits per heavy atom. The van der Waals surface area contributed by atoms with Gasteiger partial charge >= 0.3 is 0 Å². The highest BCUT2D eigenvalue weighted by atomic mass is 16.3. The third-order valence-electron chi connectivity index (χ3n) is 4.84. The molecule has 0 aliphatic heterocycles. The second kappa shape index (κ2) is 7.08. The maximum atomic E-state index is 11.0. The minimum absolute atomic E-state index is 0.211. The Kier molecular flexibility index (Phi) is 4.47. The van der Waals surface area contributed by atoms with Crippen molar-refractivity contribution in [3.8, 4) is 5.75 Å². The molecule has 4 rings (SSSR count). The van der Waals surface area contributed by atoms with Crippen LogP contribution in [0.15, 0.2) is 73.1 Å². The van der Waals surface area contributed by atoms with Gasteiger partial charge in [0.2, 0.25) is 0 Å². The molecule has 0 radical (unpaired) electrons. The number of nitrogens with zero attached hydrogens (tertiary/aromatic N) is 1. The second-order valence-corrected chi connectivity index (χ2v) is 6.79. The smallest absolute Gasteiger partial charge is 0.272 e. The van der Waals surface area contributed by atoms with Gasteiger partial charge < -0.3 is 5.11 Å². The Balaban J connectivity index is 1.90. The van der Waals surface area contributed by atoms with Gasteiger partial charge in [0.15, 0.2) is 0 Å². The van der Waals surface area contributed by atoms with Gasteiger partial charge in [-0.05, 0) is 37.6 Å². The van der Waals surface area contributed by atoms with Crippen LogP contribution in [0.5, 0.6) is 5.75 Å². The molecule has 0 amide bonds. The van der Waals surface area contributed by atoms with Crippen LogP contribution in [0.4, 0.5) is 5.82 Å². The van der Waals surface area contributed by atoms with Crippen LogP contribution in [0.3, 0.4) is 0 Å². The van der Waals surface area contributed by atoms with Crippen LogP contribution in [0.2, 0.25) is 0 Å². The standard InChI is InChI=1S/C23H21N3O/c1-15-8-9-16(2)19(14-15)22(26-20-7-3-4-12-24-20)18-11-10-17-6-5-13-25-21(17)23(18)27/h3-14,22,27H,1-2H3,(H,24,26)/p+1/t22-/m0/s1. The van der Waals surface area contributed by atoms with Gasteiger partial charge in [0.1, 0.15) is 17.3 Å². The molecule has 2 aromatic carbocycles. The number of fused-ring (bicyclic) bond motifs is 1. The van der Waals surface area contributed by atoms with E-state index in [0.29, 0.717) is 5.52 Å². The maximum absolute atomic E-state index is 11.0. The van der Waals surface area contributed by atoms with Gasteiger partial charge in [-0.1, -0.05) is 42.0 Å². The number of pyridine rings is 2. The van der Waals surface area contributed by atoms with Gasteiger partial charge in [0, 0.05) is 28.8 Å². The first-order valence-electron chi connectivity index (χ1n) is 9.00. The Morgan fingerprint density at radius 1 is 0.963 bits per heavy atom. The van der Waals surface area contributed by atoms with E-state index in [1.807, 2.05) is 48.7 Å². The highest BCUT2D eigenvalue weighted by molar-refractivity contribution is 5.86. The van der Waals surface area contributed by atoms with Crippen molar-refractivity contribution in [3.63, 3.8) is 0 Å². The van der Waals surface area contributed by atoms with Crippen LogP contribution in [0.1, 0.15) is 28.3 Å². The number of aryl methyl sites for hydroxylation is 2. The summed E-state index contributed by atoms with van der Waals surface area (Å²) >= 11 is 0. The van der Waals surface area contributed by atoms with Crippen molar-refractivity contribution in [2.24, 2.45) is 0 Å². The summed E-state index contributed by atoms with van der Waals surface area (Å²) in [6.45, 7) is 4.17. The van der Waals surface area contributed by atoms with Crippen molar-refractivity contribution < 1.29 is 10.1 Å². The molecule has 134 valence electrons. The number of hydrogen-bond acceptors (Lipinski definition) is 3. The lowest BCUT2D eigenvalue weighted by Crippen LogP contribution is -2.19. The molecule has 4 nitrogen and oxygen atoms in total. The minimum Gasteiger partial charge on any atom is -0.505 e. The fraction of sp³-hybridized carbons (Fsp3) is 0.130. The number of rotatable bonds is 4. The van der Waals surface area contributed by atoms with Crippen LogP contribution in [0, 0.1) is 13.8 Å². The first-order valence-corrected chi connectivity index (χ1v) is 9.00. The number of anilines is 1. The zero-order chi connectivity index (χ0) is 18.8. The Bertz CT molecular complexity index is 1090. The van der Waals surface area contributed by atoms with E-state index in [1.54, 1.807) is 6.20 Å². The number of H-pyrrole nitrogens is 1. The first-order chi connectivity index (χ1) is 13.1. The van der Waals surface area contributed by atoms with Gasteiger partial charge in [0.25, 0.3) is 5.82 Å². The lowest BCUT2D eigenvalue weighted by molar-refractivity contribution is -0.361. The van der Waals surface area contributed by atoms with Gasteiger partial charge in [-0.2, -0.15) is 0 Å². The summed E-state index contributed by atoms with van der Waals surface area (Å²) in [5.74, 6) is 1.09. The zero-order valence-electron chi connectivity index (χ0n) is 15.4. The highest BCUT2D eigenvalue weighted by Gasteiger charge is 2.25. The number of benzene rings is 2. The van der Waals surface area contributed by atoms with E-state index in [4.69, 9.17) is 0 Å². The molecule has 0 aliphatic rings. The van der Waals surface area contributed by atoms with E-state index in [1.165, 1.54) is 5.56 Å². The van der Waals surface area contributed by atoms with Crippen molar-refractivity contribution in [2.75, 3.05) is 5.32 Å². The molecule has 4 aromatic rings. The highest BCUT2D eigenvalue weighted by Crippen LogP contribution is 2.37. The summed E-state index contributed by atoms with van der Waals surface area (Å²) in [6, 6.07) is 19.9. The van der Waals surface area contributed by atoms with E-state index < -0.39 is 0 Å². The van der Waals surface area contributed by atoms with Gasteiger partial charge in [0.05, 0.1) is 6.20 Å². The summed E-state index contributed by atoms with van der Waals surface area (Å²) in [6.07, 6.45) is 3.58. The molecule has 0 fully saturated rings. The van der Waals surface area contributed by atoms with Crippen molar-refractivity contribution in [1.82, 2.24) is 4.98 Å². The molecule has 0 bridgehead atoms. The third-order valence-corrected chi connectivity index (χ3v) is 4.84. The number of aromatic nitrogens is 2. The molecule has 0 spiro atoms. The van der Waals surface area contributed by atoms with Gasteiger partial charge in [-0.15, -0.1) is 0 Å². The average Bonchev–Trinajstić information content (AvgIpc) is 2.70. The molecule has 0 saturated carbocycles. The molecule has 2 heterocycles. The fourth-order valence-electron chi connectivity index (χ4n) is 3.41. The van der Waals surface area contributed by atoms with E-state index in [0.717, 1.165) is 27.9 Å². The number of aromatic amines is 1. The van der Waals surface area contributed by atoms with Crippen molar-refractivity contribution in [1.29, 1.82) is 0 Å². The normalized spacial score (nSPS) is 12.1. The molecular formula is C23H22N3O+. The molecule has 3 N–H and O–H groups in total. The Morgan fingerprint density at radius 2 is 1.85 bits per heavy atom. The number of phenolic OH excluding ortho intramolecular Hbond substituents is 1. The minimum atomic E-state index is -0.213. The number of aromatic hydroxyl groups is 1. The van der Waals surface area contributed by atoms with Crippen molar-refractivity contribution in [3.05, 3.63) is 95.3 Å². The monoisotopic (exact) mass is 356 g/mol. The predicted octanol–water partition coefficient (Wildman–Crippen LogP) is 4.57. The molecule has 4 heteroatoms. The molecule has 0 saturated heterocycles. The largest absolute Gasteiger partial charge is 0.505 e. The molecular weight excluding hydrogens is 334 g/mol. The van der Waals surface area contributed by atoms with Crippen LogP contribution < -0.4 is 10.3 Å². The van der Waals surface area contributed by atoms with Gasteiger partial charge in [-0.3, -0.25) is 10.3 Å². The van der Waals surface area contributed by atoms with E-state index in [9.17, 15) is 5.11 Å². The van der Waals surface area contributed by atoms with Gasteiger partial charge in [-0.25, -0.2) is 4.98 Å². The summed E-state index contributed by atoms with van der Waals surface area (Å²) in [7, 11) is 0. The lowest BCUT2D eigenvalue weighted by Gasteiger charge is -2.20.